The molecule has 0 bridgehead atoms. The van der Waals surface area contributed by atoms with E-state index in [2.05, 4.69) is 12.2 Å². The Labute approximate surface area is 66.8 Å². The summed E-state index contributed by atoms with van der Waals surface area (Å²) in [6.45, 7) is 1.64. The molecular formula is C10H12O. The zero-order valence-corrected chi connectivity index (χ0v) is 6.76. The van der Waals surface area contributed by atoms with Gasteiger partial charge in [-0.2, -0.15) is 0 Å². The standard InChI is InChI=1S/C10H12O/c1-7(11)9-4-5-10(6-9)8-2-3-8/h4,6,8H,2-3,5H2,1H3. The zero-order valence-electron chi connectivity index (χ0n) is 6.76. The summed E-state index contributed by atoms with van der Waals surface area (Å²) in [4.78, 5) is 10.9. The van der Waals surface area contributed by atoms with Crippen LogP contribution < -0.4 is 0 Å². The van der Waals surface area contributed by atoms with Crippen molar-refractivity contribution in [3.05, 3.63) is 23.3 Å². The van der Waals surface area contributed by atoms with Gasteiger partial charge >= 0.3 is 0 Å². The van der Waals surface area contributed by atoms with Crippen molar-refractivity contribution in [2.24, 2.45) is 5.92 Å². The number of carbonyl (C=O) groups is 1. The molecule has 2 aliphatic carbocycles. The highest BCUT2D eigenvalue weighted by atomic mass is 16.1. The molecule has 0 aromatic rings. The first-order valence-corrected chi connectivity index (χ1v) is 4.19. The molecular weight excluding hydrogens is 136 g/mol. The molecule has 0 amide bonds. The Morgan fingerprint density at radius 1 is 1.55 bits per heavy atom. The van der Waals surface area contributed by atoms with E-state index < -0.39 is 0 Å². The van der Waals surface area contributed by atoms with Crippen LogP contribution in [-0.4, -0.2) is 5.78 Å². The summed E-state index contributed by atoms with van der Waals surface area (Å²) < 4.78 is 0. The highest BCUT2D eigenvalue weighted by molar-refractivity contribution is 5.97. The molecule has 2 rings (SSSR count). The Balaban J connectivity index is 2.10. The second-order valence-corrected chi connectivity index (χ2v) is 3.41. The van der Waals surface area contributed by atoms with E-state index in [1.165, 1.54) is 18.4 Å². The van der Waals surface area contributed by atoms with E-state index in [0.717, 1.165) is 17.9 Å². The molecule has 1 nitrogen and oxygen atoms in total. The third-order valence-corrected chi connectivity index (χ3v) is 2.41. The minimum Gasteiger partial charge on any atom is -0.295 e. The average Bonchev–Trinajstić information content (AvgIpc) is 2.68. The van der Waals surface area contributed by atoms with Gasteiger partial charge in [0, 0.05) is 5.57 Å². The molecule has 0 spiro atoms. The van der Waals surface area contributed by atoms with Gasteiger partial charge in [0.15, 0.2) is 5.78 Å². The normalized spacial score (nSPS) is 23.0. The number of hydrogen-bond donors (Lipinski definition) is 0. The Kier molecular flexibility index (Phi) is 1.45. The Bertz CT molecular complexity index is 254. The number of rotatable bonds is 2. The van der Waals surface area contributed by atoms with Crippen LogP contribution >= 0.6 is 0 Å². The summed E-state index contributed by atoms with van der Waals surface area (Å²) in [6, 6.07) is 0. The van der Waals surface area contributed by atoms with Gasteiger partial charge in [-0.3, -0.25) is 4.79 Å². The van der Waals surface area contributed by atoms with Crippen molar-refractivity contribution in [3.8, 4) is 0 Å². The topological polar surface area (TPSA) is 17.1 Å². The van der Waals surface area contributed by atoms with Gasteiger partial charge in [0.25, 0.3) is 0 Å². The van der Waals surface area contributed by atoms with Crippen molar-refractivity contribution >= 4 is 5.78 Å². The molecule has 0 aromatic carbocycles. The van der Waals surface area contributed by atoms with Crippen molar-refractivity contribution in [3.63, 3.8) is 0 Å². The largest absolute Gasteiger partial charge is 0.295 e. The molecule has 2 aliphatic rings. The SMILES string of the molecule is CC(=O)C1=CCC(C2CC2)=C1. The molecule has 1 saturated carbocycles. The Morgan fingerprint density at radius 3 is 2.73 bits per heavy atom. The average molecular weight is 148 g/mol. The molecule has 0 radical (unpaired) electrons. The molecule has 1 fully saturated rings. The lowest BCUT2D eigenvalue weighted by molar-refractivity contribution is -0.113. The van der Waals surface area contributed by atoms with Crippen molar-refractivity contribution < 1.29 is 4.79 Å². The van der Waals surface area contributed by atoms with Gasteiger partial charge in [-0.15, -0.1) is 0 Å². The van der Waals surface area contributed by atoms with Crippen LogP contribution in [0.2, 0.25) is 0 Å². The molecule has 1 heteroatoms. The third kappa shape index (κ3) is 1.28. The van der Waals surface area contributed by atoms with Crippen LogP contribution in [-0.2, 0) is 4.79 Å². The van der Waals surface area contributed by atoms with E-state index in [0.29, 0.717) is 0 Å². The van der Waals surface area contributed by atoms with E-state index in [-0.39, 0.29) is 5.78 Å². The number of Topliss-reactive ketones (excluding diaryl/α,β-unsaturated/α-hetero) is 1. The van der Waals surface area contributed by atoms with Gasteiger partial charge in [-0.05, 0) is 32.1 Å². The van der Waals surface area contributed by atoms with Crippen molar-refractivity contribution in [2.75, 3.05) is 0 Å². The van der Waals surface area contributed by atoms with Crippen LogP contribution in [0, 0.1) is 5.92 Å². The molecule has 11 heavy (non-hydrogen) atoms. The molecule has 0 unspecified atom stereocenters. The van der Waals surface area contributed by atoms with Crippen molar-refractivity contribution in [1.82, 2.24) is 0 Å². The third-order valence-electron chi connectivity index (χ3n) is 2.41. The summed E-state index contributed by atoms with van der Waals surface area (Å²) in [5.41, 5.74) is 2.40. The molecule has 0 aromatic heterocycles. The second-order valence-electron chi connectivity index (χ2n) is 3.41. The molecule has 0 atom stereocenters. The lowest BCUT2D eigenvalue weighted by Gasteiger charge is -1.92. The minimum absolute atomic E-state index is 0.209. The van der Waals surface area contributed by atoms with Crippen LogP contribution in [0.25, 0.3) is 0 Å². The van der Waals surface area contributed by atoms with Crippen LogP contribution in [0.5, 0.6) is 0 Å². The fourth-order valence-corrected chi connectivity index (χ4v) is 1.53. The Morgan fingerprint density at radius 2 is 2.27 bits per heavy atom. The quantitative estimate of drug-likeness (QED) is 0.587. The fourth-order valence-electron chi connectivity index (χ4n) is 1.53. The van der Waals surface area contributed by atoms with Gasteiger partial charge in [-0.25, -0.2) is 0 Å². The number of ketones is 1. The van der Waals surface area contributed by atoms with Gasteiger partial charge in [0.1, 0.15) is 0 Å². The van der Waals surface area contributed by atoms with E-state index in [9.17, 15) is 4.79 Å². The summed E-state index contributed by atoms with van der Waals surface area (Å²) in [5, 5.41) is 0. The first kappa shape index (κ1) is 6.84. The van der Waals surface area contributed by atoms with E-state index >= 15 is 0 Å². The summed E-state index contributed by atoms with van der Waals surface area (Å²) >= 11 is 0. The van der Waals surface area contributed by atoms with E-state index in [1.807, 2.05) is 0 Å². The van der Waals surface area contributed by atoms with E-state index in [1.54, 1.807) is 6.92 Å². The van der Waals surface area contributed by atoms with Gasteiger partial charge < -0.3 is 0 Å². The summed E-state index contributed by atoms with van der Waals surface area (Å²) in [7, 11) is 0. The summed E-state index contributed by atoms with van der Waals surface area (Å²) in [6.07, 6.45) is 7.84. The maximum absolute atomic E-state index is 10.9. The second kappa shape index (κ2) is 2.33. The maximum Gasteiger partial charge on any atom is 0.159 e. The fraction of sp³-hybridized carbons (Fsp3) is 0.500. The van der Waals surface area contributed by atoms with Crippen LogP contribution in [0.15, 0.2) is 23.3 Å². The highest BCUT2D eigenvalue weighted by Crippen LogP contribution is 2.40. The predicted molar refractivity (Wildman–Crippen MR) is 44.2 cm³/mol. The van der Waals surface area contributed by atoms with Crippen LogP contribution in [0.3, 0.4) is 0 Å². The molecule has 0 N–H and O–H groups in total. The van der Waals surface area contributed by atoms with Gasteiger partial charge in [-0.1, -0.05) is 17.7 Å². The molecule has 0 saturated heterocycles. The van der Waals surface area contributed by atoms with Crippen molar-refractivity contribution in [1.29, 1.82) is 0 Å². The first-order valence-electron chi connectivity index (χ1n) is 4.19. The minimum atomic E-state index is 0.209. The van der Waals surface area contributed by atoms with Crippen LogP contribution in [0.1, 0.15) is 26.2 Å². The zero-order chi connectivity index (χ0) is 7.84. The molecule has 0 aliphatic heterocycles. The summed E-state index contributed by atoms with van der Waals surface area (Å²) in [5.74, 6) is 1.03. The monoisotopic (exact) mass is 148 g/mol. The predicted octanol–water partition coefficient (Wildman–Crippen LogP) is 2.24. The molecule has 0 heterocycles. The number of carbonyl (C=O) groups excluding carboxylic acids is 1. The first-order chi connectivity index (χ1) is 5.27. The number of allylic oxidation sites excluding steroid dienone is 4. The van der Waals surface area contributed by atoms with Gasteiger partial charge in [0.05, 0.1) is 0 Å². The lowest BCUT2D eigenvalue weighted by atomic mass is 10.1. The van der Waals surface area contributed by atoms with Crippen LogP contribution in [0.4, 0.5) is 0 Å². The smallest absolute Gasteiger partial charge is 0.159 e. The van der Waals surface area contributed by atoms with Crippen molar-refractivity contribution in [2.45, 2.75) is 26.2 Å². The highest BCUT2D eigenvalue weighted by Gasteiger charge is 2.27. The molecule has 58 valence electrons. The van der Waals surface area contributed by atoms with Gasteiger partial charge in [0.2, 0.25) is 0 Å². The van der Waals surface area contributed by atoms with E-state index in [4.69, 9.17) is 0 Å². The number of hydrogen-bond acceptors (Lipinski definition) is 1. The lowest BCUT2D eigenvalue weighted by Crippen LogP contribution is -1.89. The Hall–Kier alpha value is -0.850. The maximum atomic E-state index is 10.9.